The first-order valence-electron chi connectivity index (χ1n) is 6.65. The van der Waals surface area contributed by atoms with Gasteiger partial charge in [-0.25, -0.2) is 4.39 Å². The summed E-state index contributed by atoms with van der Waals surface area (Å²) in [6, 6.07) is 5.81. The van der Waals surface area contributed by atoms with E-state index in [1.807, 2.05) is 19.1 Å². The second-order valence-electron chi connectivity index (χ2n) is 5.31. The van der Waals surface area contributed by atoms with Crippen LogP contribution in [0.3, 0.4) is 0 Å². The summed E-state index contributed by atoms with van der Waals surface area (Å²) in [5.74, 6) is 0.685. The van der Waals surface area contributed by atoms with Crippen LogP contribution >= 0.6 is 0 Å². The van der Waals surface area contributed by atoms with E-state index >= 15 is 0 Å². The van der Waals surface area contributed by atoms with E-state index in [0.717, 1.165) is 17.0 Å². The Labute approximate surface area is 103 Å². The molecule has 0 saturated heterocycles. The van der Waals surface area contributed by atoms with Gasteiger partial charge in [-0.15, -0.1) is 0 Å². The van der Waals surface area contributed by atoms with Gasteiger partial charge in [0, 0.05) is 18.2 Å². The molecule has 17 heavy (non-hydrogen) atoms. The zero-order valence-corrected chi connectivity index (χ0v) is 10.8. The van der Waals surface area contributed by atoms with E-state index in [4.69, 9.17) is 0 Å². The summed E-state index contributed by atoms with van der Waals surface area (Å²) in [7, 11) is 0. The fourth-order valence-electron chi connectivity index (χ4n) is 2.73. The molecular formula is C15H22FN. The molecule has 0 aromatic heterocycles. The van der Waals surface area contributed by atoms with Gasteiger partial charge in [0.1, 0.15) is 5.82 Å². The molecule has 1 atom stereocenters. The highest BCUT2D eigenvalue weighted by Gasteiger charge is 2.21. The molecule has 1 nitrogen and oxygen atoms in total. The average molecular weight is 235 g/mol. The number of hydrogen-bond donors (Lipinski definition) is 1. The molecule has 0 radical (unpaired) electrons. The maximum Gasteiger partial charge on any atom is 0.127 e. The van der Waals surface area contributed by atoms with E-state index in [0.29, 0.717) is 12.6 Å². The lowest BCUT2D eigenvalue weighted by atomic mass is 9.99. The number of aryl methyl sites for hydroxylation is 1. The molecule has 0 amide bonds. The van der Waals surface area contributed by atoms with Crippen molar-refractivity contribution < 1.29 is 4.39 Å². The molecule has 1 aliphatic rings. The smallest absolute Gasteiger partial charge is 0.127 e. The minimum atomic E-state index is -0.0956. The van der Waals surface area contributed by atoms with Crippen molar-refractivity contribution >= 4 is 0 Å². The molecule has 94 valence electrons. The number of benzene rings is 1. The topological polar surface area (TPSA) is 12.0 Å². The highest BCUT2D eigenvalue weighted by Crippen LogP contribution is 2.27. The first-order valence-corrected chi connectivity index (χ1v) is 6.65. The van der Waals surface area contributed by atoms with Crippen molar-refractivity contribution in [3.63, 3.8) is 0 Å². The van der Waals surface area contributed by atoms with Crippen molar-refractivity contribution in [3.8, 4) is 0 Å². The van der Waals surface area contributed by atoms with Crippen molar-refractivity contribution in [3.05, 3.63) is 35.1 Å². The van der Waals surface area contributed by atoms with Crippen LogP contribution in [0.5, 0.6) is 0 Å². The van der Waals surface area contributed by atoms with Crippen molar-refractivity contribution in [2.45, 2.75) is 52.1 Å². The first kappa shape index (κ1) is 12.6. The molecule has 0 aliphatic heterocycles. The van der Waals surface area contributed by atoms with Crippen LogP contribution in [-0.4, -0.2) is 6.04 Å². The number of hydrogen-bond acceptors (Lipinski definition) is 1. The first-order chi connectivity index (χ1) is 8.16. The fourth-order valence-corrected chi connectivity index (χ4v) is 2.73. The summed E-state index contributed by atoms with van der Waals surface area (Å²) in [6.45, 7) is 4.87. The SMILES string of the molecule is Cc1ccc(F)c(CN[C@H](C)C2CCCC2)c1. The van der Waals surface area contributed by atoms with Gasteiger partial charge in [-0.3, -0.25) is 0 Å². The predicted molar refractivity (Wildman–Crippen MR) is 69.4 cm³/mol. The third-order valence-electron chi connectivity index (χ3n) is 3.92. The Kier molecular flexibility index (Phi) is 4.16. The van der Waals surface area contributed by atoms with Gasteiger partial charge in [-0.2, -0.15) is 0 Å². The molecule has 1 aromatic carbocycles. The quantitative estimate of drug-likeness (QED) is 0.837. The third-order valence-corrected chi connectivity index (χ3v) is 3.92. The Morgan fingerprint density at radius 2 is 2.06 bits per heavy atom. The third kappa shape index (κ3) is 3.29. The Morgan fingerprint density at radius 3 is 2.76 bits per heavy atom. The van der Waals surface area contributed by atoms with Gasteiger partial charge in [0.15, 0.2) is 0 Å². The van der Waals surface area contributed by atoms with Crippen LogP contribution in [0.25, 0.3) is 0 Å². The monoisotopic (exact) mass is 235 g/mol. The second-order valence-corrected chi connectivity index (χ2v) is 5.31. The highest BCUT2D eigenvalue weighted by atomic mass is 19.1. The van der Waals surface area contributed by atoms with Crippen molar-refractivity contribution in [1.29, 1.82) is 0 Å². The molecule has 1 N–H and O–H groups in total. The zero-order valence-electron chi connectivity index (χ0n) is 10.8. The van der Waals surface area contributed by atoms with Crippen LogP contribution in [0.4, 0.5) is 4.39 Å². The van der Waals surface area contributed by atoms with Crippen LogP contribution in [0.1, 0.15) is 43.7 Å². The summed E-state index contributed by atoms with van der Waals surface area (Å²) < 4.78 is 13.6. The maximum atomic E-state index is 13.6. The lowest BCUT2D eigenvalue weighted by Gasteiger charge is -2.20. The van der Waals surface area contributed by atoms with Gasteiger partial charge < -0.3 is 5.32 Å². The Morgan fingerprint density at radius 1 is 1.35 bits per heavy atom. The molecule has 1 saturated carbocycles. The van der Waals surface area contributed by atoms with Crippen LogP contribution in [-0.2, 0) is 6.54 Å². The van der Waals surface area contributed by atoms with Crippen LogP contribution in [0.15, 0.2) is 18.2 Å². The van der Waals surface area contributed by atoms with E-state index in [-0.39, 0.29) is 5.82 Å². The van der Waals surface area contributed by atoms with Gasteiger partial charge >= 0.3 is 0 Å². The number of halogens is 1. The average Bonchev–Trinajstić information content (AvgIpc) is 2.83. The maximum absolute atomic E-state index is 13.6. The summed E-state index contributed by atoms with van der Waals surface area (Å²) in [6.07, 6.45) is 5.36. The van der Waals surface area contributed by atoms with Gasteiger partial charge in [0.05, 0.1) is 0 Å². The Hall–Kier alpha value is -0.890. The molecule has 2 rings (SSSR count). The molecular weight excluding hydrogens is 213 g/mol. The van der Waals surface area contributed by atoms with Crippen molar-refractivity contribution in [1.82, 2.24) is 5.32 Å². The van der Waals surface area contributed by atoms with Crippen LogP contribution < -0.4 is 5.32 Å². The second kappa shape index (κ2) is 5.63. The van der Waals surface area contributed by atoms with Crippen LogP contribution in [0.2, 0.25) is 0 Å². The number of nitrogens with one attached hydrogen (secondary N) is 1. The molecule has 2 heteroatoms. The molecule has 1 fully saturated rings. The lowest BCUT2D eigenvalue weighted by Crippen LogP contribution is -2.32. The zero-order chi connectivity index (χ0) is 12.3. The van der Waals surface area contributed by atoms with E-state index in [1.165, 1.54) is 25.7 Å². The molecule has 0 spiro atoms. The Balaban J connectivity index is 1.90. The van der Waals surface area contributed by atoms with Crippen molar-refractivity contribution in [2.75, 3.05) is 0 Å². The van der Waals surface area contributed by atoms with E-state index in [2.05, 4.69) is 12.2 Å². The van der Waals surface area contributed by atoms with Gasteiger partial charge in [-0.1, -0.05) is 30.5 Å². The summed E-state index contributed by atoms with van der Waals surface area (Å²) in [5.41, 5.74) is 1.91. The molecule has 0 heterocycles. The van der Waals surface area contributed by atoms with E-state index in [9.17, 15) is 4.39 Å². The molecule has 1 aromatic rings. The fraction of sp³-hybridized carbons (Fsp3) is 0.600. The summed E-state index contributed by atoms with van der Waals surface area (Å²) in [5, 5.41) is 3.47. The van der Waals surface area contributed by atoms with Crippen LogP contribution in [0, 0.1) is 18.7 Å². The van der Waals surface area contributed by atoms with E-state index < -0.39 is 0 Å². The van der Waals surface area contributed by atoms with Gasteiger partial charge in [0.25, 0.3) is 0 Å². The largest absolute Gasteiger partial charge is 0.310 e. The summed E-state index contributed by atoms with van der Waals surface area (Å²) in [4.78, 5) is 0. The van der Waals surface area contributed by atoms with Gasteiger partial charge in [0.2, 0.25) is 0 Å². The summed E-state index contributed by atoms with van der Waals surface area (Å²) >= 11 is 0. The minimum absolute atomic E-state index is 0.0956. The minimum Gasteiger partial charge on any atom is -0.310 e. The lowest BCUT2D eigenvalue weighted by molar-refractivity contribution is 0.378. The Bertz CT molecular complexity index is 369. The normalized spacial score (nSPS) is 18.5. The highest BCUT2D eigenvalue weighted by molar-refractivity contribution is 5.23. The predicted octanol–water partition coefficient (Wildman–Crippen LogP) is 3.80. The van der Waals surface area contributed by atoms with E-state index in [1.54, 1.807) is 6.07 Å². The van der Waals surface area contributed by atoms with Crippen molar-refractivity contribution in [2.24, 2.45) is 5.92 Å². The van der Waals surface area contributed by atoms with Gasteiger partial charge in [-0.05, 0) is 38.7 Å². The standard InChI is InChI=1S/C15H22FN/c1-11-7-8-15(16)14(9-11)10-17-12(2)13-5-3-4-6-13/h7-9,12-13,17H,3-6,10H2,1-2H3/t12-/m1/s1. The molecule has 1 aliphatic carbocycles. The molecule has 0 bridgehead atoms. The number of rotatable bonds is 4. The molecule has 0 unspecified atom stereocenters.